The van der Waals surface area contributed by atoms with Crippen molar-refractivity contribution in [2.24, 2.45) is 0 Å². The van der Waals surface area contributed by atoms with Crippen LogP contribution in [0.4, 0.5) is 0 Å². The van der Waals surface area contributed by atoms with Gasteiger partial charge in [-0.15, -0.1) is 23.2 Å². The zero-order valence-electron chi connectivity index (χ0n) is 12.3. The van der Waals surface area contributed by atoms with Crippen LogP contribution in [0.25, 0.3) is 0 Å². The fourth-order valence-corrected chi connectivity index (χ4v) is 1.89. The van der Waals surface area contributed by atoms with E-state index >= 15 is 0 Å². The molecule has 1 aromatic rings. The number of aliphatic hydroxyl groups is 2. The summed E-state index contributed by atoms with van der Waals surface area (Å²) in [5, 5.41) is 19.0. The molecular formula is C15H22Cl2O4. The molecule has 0 saturated heterocycles. The van der Waals surface area contributed by atoms with E-state index in [0.29, 0.717) is 11.5 Å². The second kappa shape index (κ2) is 9.36. The summed E-state index contributed by atoms with van der Waals surface area (Å²) in [6, 6.07) is 5.57. The number of alkyl halides is 2. The second-order valence-corrected chi connectivity index (χ2v) is 5.68. The van der Waals surface area contributed by atoms with Crippen LogP contribution in [0.2, 0.25) is 0 Å². The minimum atomic E-state index is -0.742. The SMILES string of the molecule is CC(C)c1cccc(OC[C@@H](O)CCl)c1OC[C@@H](O)CCl. The summed E-state index contributed by atoms with van der Waals surface area (Å²) in [4.78, 5) is 0. The second-order valence-electron chi connectivity index (χ2n) is 5.07. The quantitative estimate of drug-likeness (QED) is 0.681. The maximum Gasteiger partial charge on any atom is 0.164 e. The van der Waals surface area contributed by atoms with Crippen molar-refractivity contribution in [3.63, 3.8) is 0 Å². The van der Waals surface area contributed by atoms with Crippen LogP contribution in [0.15, 0.2) is 18.2 Å². The molecule has 0 spiro atoms. The highest BCUT2D eigenvalue weighted by atomic mass is 35.5. The molecule has 0 fully saturated rings. The molecule has 21 heavy (non-hydrogen) atoms. The Kier molecular flexibility index (Phi) is 8.19. The van der Waals surface area contributed by atoms with Gasteiger partial charge in [0.1, 0.15) is 25.4 Å². The molecule has 0 aliphatic rings. The van der Waals surface area contributed by atoms with Gasteiger partial charge in [0.25, 0.3) is 0 Å². The minimum absolute atomic E-state index is 0.0828. The van der Waals surface area contributed by atoms with Gasteiger partial charge in [-0.2, -0.15) is 0 Å². The fraction of sp³-hybridized carbons (Fsp3) is 0.600. The van der Waals surface area contributed by atoms with E-state index in [1.807, 2.05) is 26.0 Å². The maximum absolute atomic E-state index is 9.54. The molecule has 0 bridgehead atoms. The van der Waals surface area contributed by atoms with Gasteiger partial charge in [0, 0.05) is 5.56 Å². The Hall–Kier alpha value is -0.680. The van der Waals surface area contributed by atoms with Gasteiger partial charge in [-0.25, -0.2) is 0 Å². The summed E-state index contributed by atoms with van der Waals surface area (Å²) < 4.78 is 11.2. The summed E-state index contributed by atoms with van der Waals surface area (Å²) in [5.74, 6) is 1.52. The van der Waals surface area contributed by atoms with Crippen molar-refractivity contribution in [2.45, 2.75) is 32.0 Å². The van der Waals surface area contributed by atoms with Crippen LogP contribution in [0.3, 0.4) is 0 Å². The van der Waals surface area contributed by atoms with E-state index in [2.05, 4.69) is 0 Å². The van der Waals surface area contributed by atoms with Crippen molar-refractivity contribution in [2.75, 3.05) is 25.0 Å². The highest BCUT2D eigenvalue weighted by Gasteiger charge is 2.16. The van der Waals surface area contributed by atoms with Gasteiger partial charge >= 0.3 is 0 Å². The van der Waals surface area contributed by atoms with E-state index < -0.39 is 12.2 Å². The average molecular weight is 337 g/mol. The van der Waals surface area contributed by atoms with E-state index in [9.17, 15) is 10.2 Å². The van der Waals surface area contributed by atoms with Crippen molar-refractivity contribution in [3.05, 3.63) is 23.8 Å². The number of benzene rings is 1. The van der Waals surface area contributed by atoms with Crippen LogP contribution in [-0.4, -0.2) is 47.4 Å². The lowest BCUT2D eigenvalue weighted by molar-refractivity contribution is 0.109. The lowest BCUT2D eigenvalue weighted by atomic mass is 10.0. The number of hydrogen-bond acceptors (Lipinski definition) is 4. The number of halogens is 2. The number of rotatable bonds is 9. The van der Waals surface area contributed by atoms with Crippen molar-refractivity contribution >= 4 is 23.2 Å². The van der Waals surface area contributed by atoms with E-state index in [1.54, 1.807) is 6.07 Å². The third kappa shape index (κ3) is 5.91. The first kappa shape index (κ1) is 18.4. The highest BCUT2D eigenvalue weighted by molar-refractivity contribution is 6.18. The van der Waals surface area contributed by atoms with Crippen LogP contribution in [0, 0.1) is 0 Å². The van der Waals surface area contributed by atoms with E-state index in [0.717, 1.165) is 5.56 Å². The number of aliphatic hydroxyl groups excluding tert-OH is 2. The molecule has 0 unspecified atom stereocenters. The van der Waals surface area contributed by atoms with Gasteiger partial charge in [0.15, 0.2) is 11.5 Å². The smallest absolute Gasteiger partial charge is 0.164 e. The molecule has 2 N–H and O–H groups in total. The van der Waals surface area contributed by atoms with Crippen LogP contribution < -0.4 is 9.47 Å². The molecule has 1 aromatic carbocycles. The molecule has 120 valence electrons. The Morgan fingerprint density at radius 3 is 2.10 bits per heavy atom. The molecule has 0 aliphatic carbocycles. The molecule has 0 aromatic heterocycles. The zero-order chi connectivity index (χ0) is 15.8. The summed E-state index contributed by atoms with van der Waals surface area (Å²) in [5.41, 5.74) is 0.967. The molecule has 2 atom stereocenters. The average Bonchev–Trinajstić information content (AvgIpc) is 2.49. The molecule has 0 radical (unpaired) electrons. The summed E-state index contributed by atoms with van der Waals surface area (Å²) in [6.07, 6.45) is -1.48. The zero-order valence-corrected chi connectivity index (χ0v) is 13.8. The van der Waals surface area contributed by atoms with Crippen molar-refractivity contribution < 1.29 is 19.7 Å². The molecule has 0 aliphatic heterocycles. The maximum atomic E-state index is 9.54. The summed E-state index contributed by atoms with van der Waals surface area (Å²) >= 11 is 11.1. The highest BCUT2D eigenvalue weighted by Crippen LogP contribution is 2.36. The van der Waals surface area contributed by atoms with Crippen molar-refractivity contribution in [3.8, 4) is 11.5 Å². The molecule has 1 rings (SSSR count). The predicted molar refractivity (Wildman–Crippen MR) is 85.0 cm³/mol. The van der Waals surface area contributed by atoms with Gasteiger partial charge < -0.3 is 19.7 Å². The Labute approximate surface area is 135 Å². The fourth-order valence-electron chi connectivity index (χ4n) is 1.71. The Bertz CT molecular complexity index is 426. The first-order valence-electron chi connectivity index (χ1n) is 6.86. The molecule has 4 nitrogen and oxygen atoms in total. The Morgan fingerprint density at radius 2 is 1.57 bits per heavy atom. The predicted octanol–water partition coefficient (Wildman–Crippen LogP) is 2.77. The van der Waals surface area contributed by atoms with Crippen LogP contribution in [-0.2, 0) is 0 Å². The van der Waals surface area contributed by atoms with Gasteiger partial charge in [-0.3, -0.25) is 0 Å². The molecule has 6 heteroatoms. The lowest BCUT2D eigenvalue weighted by Crippen LogP contribution is -2.21. The third-order valence-corrected chi connectivity index (χ3v) is 3.55. The normalized spacial score (nSPS) is 14.0. The number of para-hydroxylation sites is 1. The van der Waals surface area contributed by atoms with Gasteiger partial charge in [0.05, 0.1) is 11.8 Å². The summed E-state index contributed by atoms with van der Waals surface area (Å²) in [7, 11) is 0. The van der Waals surface area contributed by atoms with Crippen LogP contribution in [0.1, 0.15) is 25.3 Å². The van der Waals surface area contributed by atoms with Crippen LogP contribution >= 0.6 is 23.2 Å². The van der Waals surface area contributed by atoms with E-state index in [1.165, 1.54) is 0 Å². The standard InChI is InChI=1S/C15H22Cl2O4/c1-10(2)13-4-3-5-14(20-8-11(18)6-16)15(13)21-9-12(19)7-17/h3-5,10-12,18-19H,6-9H2,1-2H3/t11-,12-/m0/s1. The first-order chi connectivity index (χ1) is 9.99. The van der Waals surface area contributed by atoms with Crippen molar-refractivity contribution in [1.29, 1.82) is 0 Å². The molecule has 0 saturated carbocycles. The monoisotopic (exact) mass is 336 g/mol. The molecular weight excluding hydrogens is 315 g/mol. The first-order valence-corrected chi connectivity index (χ1v) is 7.93. The minimum Gasteiger partial charge on any atom is -0.487 e. The van der Waals surface area contributed by atoms with Crippen molar-refractivity contribution in [1.82, 2.24) is 0 Å². The van der Waals surface area contributed by atoms with Gasteiger partial charge in [-0.05, 0) is 12.0 Å². The van der Waals surface area contributed by atoms with Gasteiger partial charge in [0.2, 0.25) is 0 Å². The Morgan fingerprint density at radius 1 is 1.00 bits per heavy atom. The molecule has 0 heterocycles. The number of hydrogen-bond donors (Lipinski definition) is 2. The topological polar surface area (TPSA) is 58.9 Å². The van der Waals surface area contributed by atoms with E-state index in [4.69, 9.17) is 32.7 Å². The largest absolute Gasteiger partial charge is 0.487 e. The molecule has 0 amide bonds. The summed E-state index contributed by atoms with van der Waals surface area (Å²) in [6.45, 7) is 4.25. The third-order valence-electron chi connectivity index (χ3n) is 2.84. The van der Waals surface area contributed by atoms with E-state index in [-0.39, 0.29) is 30.9 Å². The Balaban J connectivity index is 2.91. The van der Waals surface area contributed by atoms with Gasteiger partial charge in [-0.1, -0.05) is 26.0 Å². The van der Waals surface area contributed by atoms with Crippen LogP contribution in [0.5, 0.6) is 11.5 Å². The lowest BCUT2D eigenvalue weighted by Gasteiger charge is -2.20. The number of ether oxygens (including phenoxy) is 2.